The van der Waals surface area contributed by atoms with E-state index in [9.17, 15) is 19.4 Å². The summed E-state index contributed by atoms with van der Waals surface area (Å²) in [4.78, 5) is 13.3. The molecule has 0 amide bonds. The van der Waals surface area contributed by atoms with E-state index in [0.717, 1.165) is 5.56 Å². The Kier molecular flexibility index (Phi) is 4.96. The summed E-state index contributed by atoms with van der Waals surface area (Å²) in [7, 11) is 0. The summed E-state index contributed by atoms with van der Waals surface area (Å²) < 4.78 is 13.4. The van der Waals surface area contributed by atoms with Gasteiger partial charge in [0.1, 0.15) is 11.9 Å². The minimum Gasteiger partial charge on any atom is -0.480 e. The van der Waals surface area contributed by atoms with Gasteiger partial charge in [0.05, 0.1) is 0 Å². The maximum absolute atomic E-state index is 13.4. The minimum atomic E-state index is -0.846. The van der Waals surface area contributed by atoms with Crippen LogP contribution in [0.15, 0.2) is 24.3 Å². The van der Waals surface area contributed by atoms with E-state index in [1.54, 1.807) is 6.07 Å². The third-order valence-electron chi connectivity index (χ3n) is 4.26. The van der Waals surface area contributed by atoms with Crippen LogP contribution in [-0.2, 0) is 4.79 Å². The third kappa shape index (κ3) is 3.41. The largest absolute Gasteiger partial charge is 0.480 e. The highest BCUT2D eigenvalue weighted by molar-refractivity contribution is 5.73. The van der Waals surface area contributed by atoms with E-state index in [1.165, 1.54) is 12.1 Å². The molecule has 116 valence electrons. The lowest BCUT2D eigenvalue weighted by molar-refractivity contribution is -0.144. The lowest BCUT2D eigenvalue weighted by Gasteiger charge is -2.27. The summed E-state index contributed by atoms with van der Waals surface area (Å²) in [5, 5.41) is 19.0. The molecule has 5 heteroatoms. The number of nitrogens with zero attached hydrogens (tertiary/aromatic N) is 1. The second kappa shape index (κ2) is 6.54. The molecule has 0 saturated carbocycles. The van der Waals surface area contributed by atoms with E-state index in [4.69, 9.17) is 0 Å². The zero-order valence-corrected chi connectivity index (χ0v) is 12.4. The fourth-order valence-corrected chi connectivity index (χ4v) is 3.29. The Bertz CT molecular complexity index is 506. The number of benzene rings is 1. The zero-order valence-electron chi connectivity index (χ0n) is 12.4. The highest BCUT2D eigenvalue weighted by Gasteiger charge is 2.40. The molecular formula is C16H22FNO3. The zero-order chi connectivity index (χ0) is 15.6. The number of rotatable bonds is 5. The SMILES string of the molecule is CC(C)[C@H](C(=O)O)N1C[C@@H](CO)[C@@H](c2cccc(F)c2)C1. The number of hydrogen-bond acceptors (Lipinski definition) is 3. The molecule has 2 rings (SSSR count). The summed E-state index contributed by atoms with van der Waals surface area (Å²) >= 11 is 0. The van der Waals surface area contributed by atoms with Crippen molar-refractivity contribution in [2.45, 2.75) is 25.8 Å². The van der Waals surface area contributed by atoms with Gasteiger partial charge in [-0.1, -0.05) is 26.0 Å². The van der Waals surface area contributed by atoms with Crippen molar-refractivity contribution < 1.29 is 19.4 Å². The number of aliphatic hydroxyl groups is 1. The molecule has 0 unspecified atom stereocenters. The second-order valence-electron chi connectivity index (χ2n) is 6.09. The Morgan fingerprint density at radius 2 is 2.14 bits per heavy atom. The van der Waals surface area contributed by atoms with E-state index in [1.807, 2.05) is 24.8 Å². The summed E-state index contributed by atoms with van der Waals surface area (Å²) in [6.07, 6.45) is 0. The first-order valence-corrected chi connectivity index (χ1v) is 7.27. The molecule has 3 atom stereocenters. The summed E-state index contributed by atoms with van der Waals surface area (Å²) in [5.41, 5.74) is 0.824. The first kappa shape index (κ1) is 15.9. The van der Waals surface area contributed by atoms with Crippen LogP contribution >= 0.6 is 0 Å². The van der Waals surface area contributed by atoms with Gasteiger partial charge in [0.25, 0.3) is 0 Å². The number of carbonyl (C=O) groups is 1. The van der Waals surface area contributed by atoms with Crippen molar-refractivity contribution in [2.24, 2.45) is 11.8 Å². The predicted octanol–water partition coefficient (Wildman–Crippen LogP) is 1.94. The first-order valence-electron chi connectivity index (χ1n) is 7.27. The van der Waals surface area contributed by atoms with Crippen molar-refractivity contribution in [1.29, 1.82) is 0 Å². The standard InChI is InChI=1S/C16H22FNO3/c1-10(2)15(16(20)21)18-7-12(9-19)14(8-18)11-4-3-5-13(17)6-11/h3-6,10,12,14-15,19H,7-9H2,1-2H3,(H,20,21)/t12-,14+,15+/m0/s1. The van der Waals surface area contributed by atoms with Crippen LogP contribution in [0, 0.1) is 17.7 Å². The number of aliphatic hydroxyl groups excluding tert-OH is 1. The minimum absolute atomic E-state index is 0.0203. The molecule has 4 nitrogen and oxygen atoms in total. The quantitative estimate of drug-likeness (QED) is 0.871. The van der Waals surface area contributed by atoms with Crippen LogP contribution in [0.3, 0.4) is 0 Å². The fraction of sp³-hybridized carbons (Fsp3) is 0.562. The molecule has 1 aromatic rings. The molecule has 0 aliphatic carbocycles. The molecule has 1 aromatic carbocycles. The van der Waals surface area contributed by atoms with E-state index < -0.39 is 12.0 Å². The topological polar surface area (TPSA) is 60.8 Å². The van der Waals surface area contributed by atoms with E-state index in [-0.39, 0.29) is 30.2 Å². The Labute approximate surface area is 124 Å². The molecule has 2 N–H and O–H groups in total. The van der Waals surface area contributed by atoms with Crippen molar-refractivity contribution in [3.05, 3.63) is 35.6 Å². The number of hydrogen-bond donors (Lipinski definition) is 2. The highest BCUT2D eigenvalue weighted by Crippen LogP contribution is 2.34. The van der Waals surface area contributed by atoms with Gasteiger partial charge in [0.15, 0.2) is 0 Å². The molecule has 0 aromatic heterocycles. The van der Waals surface area contributed by atoms with Gasteiger partial charge in [-0.3, -0.25) is 9.69 Å². The smallest absolute Gasteiger partial charge is 0.321 e. The van der Waals surface area contributed by atoms with Crippen molar-refractivity contribution in [1.82, 2.24) is 4.90 Å². The molecular weight excluding hydrogens is 273 g/mol. The van der Waals surface area contributed by atoms with Gasteiger partial charge in [-0.15, -0.1) is 0 Å². The van der Waals surface area contributed by atoms with Crippen LogP contribution in [0.25, 0.3) is 0 Å². The number of halogens is 1. The van der Waals surface area contributed by atoms with Gasteiger partial charge >= 0.3 is 5.97 Å². The average molecular weight is 295 g/mol. The Hall–Kier alpha value is -1.46. The van der Waals surface area contributed by atoms with E-state index >= 15 is 0 Å². The number of aliphatic carboxylic acids is 1. The molecule has 1 heterocycles. The molecule has 1 aliphatic heterocycles. The molecule has 21 heavy (non-hydrogen) atoms. The maximum atomic E-state index is 13.4. The summed E-state index contributed by atoms with van der Waals surface area (Å²) in [6, 6.07) is 5.78. The van der Waals surface area contributed by atoms with E-state index in [0.29, 0.717) is 13.1 Å². The monoisotopic (exact) mass is 295 g/mol. The lowest BCUT2D eigenvalue weighted by atomic mass is 9.89. The number of likely N-dealkylation sites (tertiary alicyclic amines) is 1. The van der Waals surface area contributed by atoms with Crippen molar-refractivity contribution >= 4 is 5.97 Å². The van der Waals surface area contributed by atoms with Crippen LogP contribution in [0.4, 0.5) is 4.39 Å². The lowest BCUT2D eigenvalue weighted by Crippen LogP contribution is -2.43. The van der Waals surface area contributed by atoms with Gasteiger partial charge in [-0.25, -0.2) is 4.39 Å². The van der Waals surface area contributed by atoms with Gasteiger partial charge in [0.2, 0.25) is 0 Å². The van der Waals surface area contributed by atoms with Gasteiger partial charge in [0, 0.05) is 31.5 Å². The molecule has 0 bridgehead atoms. The molecule has 1 fully saturated rings. The third-order valence-corrected chi connectivity index (χ3v) is 4.26. The van der Waals surface area contributed by atoms with Crippen LogP contribution in [0.5, 0.6) is 0 Å². The predicted molar refractivity (Wildman–Crippen MR) is 77.6 cm³/mol. The molecule has 0 spiro atoms. The van der Waals surface area contributed by atoms with Crippen LogP contribution < -0.4 is 0 Å². The van der Waals surface area contributed by atoms with E-state index in [2.05, 4.69) is 0 Å². The fourth-order valence-electron chi connectivity index (χ4n) is 3.29. The average Bonchev–Trinajstić information content (AvgIpc) is 2.81. The van der Waals surface area contributed by atoms with Gasteiger partial charge < -0.3 is 10.2 Å². The Morgan fingerprint density at radius 3 is 2.67 bits per heavy atom. The van der Waals surface area contributed by atoms with Crippen LogP contribution in [-0.4, -0.2) is 46.8 Å². The van der Waals surface area contributed by atoms with Crippen LogP contribution in [0.1, 0.15) is 25.3 Å². The number of carboxylic acid groups (broad SMARTS) is 1. The molecule has 0 radical (unpaired) electrons. The summed E-state index contributed by atoms with van der Waals surface area (Å²) in [5.74, 6) is -1.27. The van der Waals surface area contributed by atoms with Crippen molar-refractivity contribution in [2.75, 3.05) is 19.7 Å². The first-order chi connectivity index (χ1) is 9.93. The number of carboxylic acids is 1. The summed E-state index contributed by atoms with van der Waals surface area (Å²) in [6.45, 7) is 4.78. The normalized spacial score (nSPS) is 24.4. The van der Waals surface area contributed by atoms with Gasteiger partial charge in [-0.2, -0.15) is 0 Å². The highest BCUT2D eigenvalue weighted by atomic mass is 19.1. The van der Waals surface area contributed by atoms with Crippen molar-refractivity contribution in [3.63, 3.8) is 0 Å². The maximum Gasteiger partial charge on any atom is 0.321 e. The van der Waals surface area contributed by atoms with Crippen molar-refractivity contribution in [3.8, 4) is 0 Å². The second-order valence-corrected chi connectivity index (χ2v) is 6.09. The Balaban J connectivity index is 2.23. The van der Waals surface area contributed by atoms with Gasteiger partial charge in [-0.05, 0) is 23.6 Å². The Morgan fingerprint density at radius 1 is 1.43 bits per heavy atom. The van der Waals surface area contributed by atoms with Crippen LogP contribution in [0.2, 0.25) is 0 Å². The molecule has 1 aliphatic rings. The molecule has 1 saturated heterocycles.